The summed E-state index contributed by atoms with van der Waals surface area (Å²) in [6.07, 6.45) is 14.1. The van der Waals surface area contributed by atoms with Crippen LogP contribution < -0.4 is 4.89 Å². The van der Waals surface area contributed by atoms with Crippen molar-refractivity contribution in [3.05, 3.63) is 0 Å². The van der Waals surface area contributed by atoms with Crippen LogP contribution in [0.15, 0.2) is 0 Å². The quantitative estimate of drug-likeness (QED) is 0.252. The van der Waals surface area contributed by atoms with Crippen molar-refractivity contribution >= 4 is 7.82 Å². The van der Waals surface area contributed by atoms with Gasteiger partial charge in [-0.15, -0.1) is 0 Å². The molecular weight excluding hydrogens is 325 g/mol. The molecule has 0 spiro atoms. The fraction of sp³-hybridized carbons (Fsp3) is 1.00. The number of likely N-dealkylation sites (N-methyl/N-ethyl adjacent to an activating group) is 1. The fourth-order valence-corrected chi connectivity index (χ4v) is 3.56. The minimum atomic E-state index is -4.65. The maximum atomic E-state index is 11.0. The Morgan fingerprint density at radius 1 is 0.917 bits per heavy atom. The number of nitrogens with zero attached hydrogens (tertiary/aromatic N) is 1. The minimum absolute atomic E-state index is 0.433. The van der Waals surface area contributed by atoms with Crippen molar-refractivity contribution in [2.75, 3.05) is 27.7 Å². The van der Waals surface area contributed by atoms with E-state index in [-0.39, 0.29) is 0 Å². The molecule has 0 aromatic carbocycles. The van der Waals surface area contributed by atoms with Crippen LogP contribution in [-0.2, 0) is 9.09 Å². The predicted octanol–water partition coefficient (Wildman–Crippen LogP) is 4.24. The van der Waals surface area contributed by atoms with Gasteiger partial charge in [0.1, 0.15) is 12.6 Å². The minimum Gasteiger partial charge on any atom is -0.756 e. The Kier molecular flexibility index (Phi) is 13.3. The van der Waals surface area contributed by atoms with Crippen molar-refractivity contribution in [2.45, 2.75) is 90.1 Å². The first-order valence-corrected chi connectivity index (χ1v) is 11.2. The smallest absolute Gasteiger partial charge is 0.265 e. The maximum absolute atomic E-state index is 11.0. The number of phosphoric ester groups is 1. The van der Waals surface area contributed by atoms with Crippen molar-refractivity contribution in [1.29, 1.82) is 0 Å². The van der Waals surface area contributed by atoms with E-state index in [4.69, 9.17) is 9.42 Å². The van der Waals surface area contributed by atoms with Gasteiger partial charge < -0.3 is 18.8 Å². The Morgan fingerprint density at radius 2 is 1.33 bits per heavy atom. The van der Waals surface area contributed by atoms with E-state index < -0.39 is 13.9 Å². The number of hydrogen-bond acceptors (Lipinski definition) is 3. The average Bonchev–Trinajstić information content (AvgIpc) is 2.41. The highest BCUT2D eigenvalue weighted by atomic mass is 31.2. The molecule has 24 heavy (non-hydrogen) atoms. The van der Waals surface area contributed by atoms with E-state index in [0.717, 1.165) is 12.8 Å². The van der Waals surface area contributed by atoms with E-state index >= 15 is 0 Å². The molecule has 1 N–H and O–H groups in total. The van der Waals surface area contributed by atoms with Crippen LogP contribution in [0, 0.1) is 0 Å². The Balaban J connectivity index is 3.71. The van der Waals surface area contributed by atoms with Gasteiger partial charge in [0.05, 0.1) is 21.1 Å². The molecule has 5 nitrogen and oxygen atoms in total. The molecule has 0 aliphatic carbocycles. The third kappa shape index (κ3) is 18.4. The van der Waals surface area contributed by atoms with Crippen LogP contribution in [0.1, 0.15) is 84.0 Å². The van der Waals surface area contributed by atoms with Gasteiger partial charge in [-0.05, 0) is 6.42 Å². The van der Waals surface area contributed by atoms with Crippen molar-refractivity contribution in [1.82, 2.24) is 0 Å². The first kappa shape index (κ1) is 24.1. The van der Waals surface area contributed by atoms with Gasteiger partial charge in [-0.2, -0.15) is 0 Å². The van der Waals surface area contributed by atoms with Gasteiger partial charge in [-0.1, -0.05) is 77.6 Å². The van der Waals surface area contributed by atoms with Gasteiger partial charge >= 0.3 is 0 Å². The molecule has 2 atom stereocenters. The molecule has 0 bridgehead atoms. The molecule has 0 saturated heterocycles. The van der Waals surface area contributed by atoms with E-state index in [0.29, 0.717) is 17.4 Å². The third-order valence-electron chi connectivity index (χ3n) is 4.16. The summed E-state index contributed by atoms with van der Waals surface area (Å²) in [5, 5.41) is 0. The topological polar surface area (TPSA) is 69.6 Å². The van der Waals surface area contributed by atoms with Gasteiger partial charge in [-0.3, -0.25) is 4.57 Å². The first-order chi connectivity index (χ1) is 11.1. The first-order valence-electron chi connectivity index (χ1n) is 9.66. The fourth-order valence-electron chi connectivity index (χ4n) is 3.01. The largest absolute Gasteiger partial charge is 0.756 e. The molecule has 0 aromatic heterocycles. The Morgan fingerprint density at radius 3 is 1.71 bits per heavy atom. The summed E-state index contributed by atoms with van der Waals surface area (Å²) in [5.41, 5.74) is 0. The lowest BCUT2D eigenvalue weighted by molar-refractivity contribution is -0.873. The normalized spacial score (nSPS) is 16.1. The molecule has 0 rings (SSSR count). The lowest BCUT2D eigenvalue weighted by Crippen LogP contribution is -2.42. The zero-order valence-electron chi connectivity index (χ0n) is 16.3. The van der Waals surface area contributed by atoms with E-state index in [2.05, 4.69) is 6.92 Å². The molecule has 0 aliphatic heterocycles. The van der Waals surface area contributed by atoms with Crippen LogP contribution in [0.4, 0.5) is 0 Å². The predicted molar refractivity (Wildman–Crippen MR) is 98.7 cm³/mol. The summed E-state index contributed by atoms with van der Waals surface area (Å²) in [5.74, 6) is 0. The zero-order valence-corrected chi connectivity index (χ0v) is 17.2. The molecule has 0 fully saturated rings. The molecule has 0 aliphatic rings. The van der Waals surface area contributed by atoms with E-state index in [1.165, 1.54) is 57.8 Å². The second-order valence-corrected chi connectivity index (χ2v) is 9.14. The molecule has 0 aromatic rings. The van der Waals surface area contributed by atoms with Crippen molar-refractivity contribution in [3.63, 3.8) is 0 Å². The lowest BCUT2D eigenvalue weighted by Gasteiger charge is -2.31. The van der Waals surface area contributed by atoms with Crippen molar-refractivity contribution in [2.24, 2.45) is 0 Å². The summed E-state index contributed by atoms with van der Waals surface area (Å²) < 4.78 is 16.4. The Labute approximate surface area is 149 Å². The van der Waals surface area contributed by atoms with Gasteiger partial charge in [0.2, 0.25) is 0 Å². The number of quaternary nitrogens is 1. The molecule has 0 amide bonds. The third-order valence-corrected chi connectivity index (χ3v) is 4.73. The van der Waals surface area contributed by atoms with Gasteiger partial charge in [0.25, 0.3) is 7.82 Å². The van der Waals surface area contributed by atoms with E-state index in [1.807, 2.05) is 21.1 Å². The average molecular weight is 365 g/mol. The van der Waals surface area contributed by atoms with Crippen LogP contribution in [0.3, 0.4) is 0 Å². The summed E-state index contributed by atoms with van der Waals surface area (Å²) in [6, 6.07) is 0. The number of phosphoric acid groups is 1. The molecular formula is C18H40NO4P. The molecule has 2 unspecified atom stereocenters. The van der Waals surface area contributed by atoms with Gasteiger partial charge in [0.15, 0.2) is 0 Å². The van der Waals surface area contributed by atoms with Crippen LogP contribution in [0.5, 0.6) is 0 Å². The highest BCUT2D eigenvalue weighted by molar-refractivity contribution is 7.44. The molecule has 0 saturated carbocycles. The van der Waals surface area contributed by atoms with E-state index in [1.54, 1.807) is 0 Å². The number of unbranched alkanes of at least 4 members (excludes halogenated alkanes) is 10. The zero-order chi connectivity index (χ0) is 18.5. The second-order valence-electron chi connectivity index (χ2n) is 7.99. The molecule has 0 heterocycles. The number of rotatable bonds is 16. The standard InChI is InChI=1S/C18H40NO4P/c1-5-6-7-8-9-10-11-12-13-14-15-16-18(17-19(2,3)4)23-24(20,21)22/h18H,5-17H2,1-4H3,(H-,20,21,22). The Bertz CT molecular complexity index is 338. The summed E-state index contributed by atoms with van der Waals surface area (Å²) in [6.45, 7) is 2.82. The van der Waals surface area contributed by atoms with Crippen molar-refractivity contribution in [3.8, 4) is 0 Å². The van der Waals surface area contributed by atoms with Gasteiger partial charge in [0, 0.05) is 0 Å². The second kappa shape index (κ2) is 13.3. The molecule has 146 valence electrons. The maximum Gasteiger partial charge on any atom is 0.265 e. The van der Waals surface area contributed by atoms with Crippen LogP contribution in [0.25, 0.3) is 0 Å². The highest BCUT2D eigenvalue weighted by Crippen LogP contribution is 2.34. The molecule has 6 heteroatoms. The molecule has 0 radical (unpaired) electrons. The van der Waals surface area contributed by atoms with Crippen LogP contribution >= 0.6 is 7.82 Å². The summed E-state index contributed by atoms with van der Waals surface area (Å²) in [7, 11) is 1.32. The van der Waals surface area contributed by atoms with Crippen LogP contribution in [0.2, 0.25) is 0 Å². The highest BCUT2D eigenvalue weighted by Gasteiger charge is 2.22. The van der Waals surface area contributed by atoms with Crippen molar-refractivity contribution < 1.29 is 23.4 Å². The lowest BCUT2D eigenvalue weighted by atomic mass is 10.0. The monoisotopic (exact) mass is 365 g/mol. The summed E-state index contributed by atoms with van der Waals surface area (Å²) in [4.78, 5) is 19.9. The SMILES string of the molecule is CCCCCCCCCCCCCC(C[N+](C)(C)C)OP(=O)([O-])O. The Hall–Kier alpha value is 0.0700. The number of hydrogen-bond donors (Lipinski definition) is 1. The summed E-state index contributed by atoms with van der Waals surface area (Å²) >= 11 is 0. The van der Waals surface area contributed by atoms with Crippen LogP contribution in [-0.4, -0.2) is 43.2 Å². The van der Waals surface area contributed by atoms with Gasteiger partial charge in [-0.25, -0.2) is 0 Å². The van der Waals surface area contributed by atoms with E-state index in [9.17, 15) is 9.46 Å².